The van der Waals surface area contributed by atoms with Crippen LogP contribution in [0.25, 0.3) is 0 Å². The Morgan fingerprint density at radius 1 is 0.909 bits per heavy atom. The molecule has 1 heterocycles. The van der Waals surface area contributed by atoms with Gasteiger partial charge in [-0.1, -0.05) is 0 Å². The van der Waals surface area contributed by atoms with Crippen LogP contribution in [0.4, 0.5) is 8.78 Å². The van der Waals surface area contributed by atoms with Crippen molar-refractivity contribution in [2.45, 2.75) is 20.8 Å². The number of hydrogen-bond acceptors (Lipinski definition) is 1. The predicted octanol–water partition coefficient (Wildman–Crippen LogP) is 2.29. The standard InChI is InChI=1S/C8H9F2N/c1-4-5(2)11-6(3)8(10)7(4)9/h1-3H3. The normalized spacial score (nSPS) is 10.3. The summed E-state index contributed by atoms with van der Waals surface area (Å²) in [5, 5.41) is 0. The van der Waals surface area contributed by atoms with Crippen LogP contribution >= 0.6 is 0 Å². The molecule has 0 saturated carbocycles. The first-order valence-corrected chi connectivity index (χ1v) is 3.33. The summed E-state index contributed by atoms with van der Waals surface area (Å²) in [5.74, 6) is -1.62. The van der Waals surface area contributed by atoms with E-state index in [1.54, 1.807) is 6.92 Å². The minimum atomic E-state index is -0.840. The Balaban J connectivity index is 3.46. The van der Waals surface area contributed by atoms with Gasteiger partial charge in [0.2, 0.25) is 0 Å². The van der Waals surface area contributed by atoms with Crippen molar-refractivity contribution in [3.63, 3.8) is 0 Å². The van der Waals surface area contributed by atoms with Gasteiger partial charge in [0.1, 0.15) is 0 Å². The minimum absolute atomic E-state index is 0.116. The monoisotopic (exact) mass is 157 g/mol. The van der Waals surface area contributed by atoms with E-state index in [0.29, 0.717) is 5.69 Å². The van der Waals surface area contributed by atoms with Crippen molar-refractivity contribution < 1.29 is 8.78 Å². The number of rotatable bonds is 0. The van der Waals surface area contributed by atoms with Crippen LogP contribution in [-0.2, 0) is 0 Å². The Labute approximate surface area is 64.1 Å². The van der Waals surface area contributed by atoms with Crippen molar-refractivity contribution in [2.75, 3.05) is 0 Å². The number of nitrogens with zero attached hydrogens (tertiary/aromatic N) is 1. The lowest BCUT2D eigenvalue weighted by atomic mass is 10.2. The average molecular weight is 157 g/mol. The summed E-state index contributed by atoms with van der Waals surface area (Å²) in [6, 6.07) is 0. The second-order valence-corrected chi connectivity index (χ2v) is 2.54. The lowest BCUT2D eigenvalue weighted by molar-refractivity contribution is 0.489. The van der Waals surface area contributed by atoms with Crippen LogP contribution in [0, 0.1) is 32.4 Å². The van der Waals surface area contributed by atoms with Gasteiger partial charge in [0.05, 0.1) is 5.69 Å². The van der Waals surface area contributed by atoms with Crippen molar-refractivity contribution >= 4 is 0 Å². The van der Waals surface area contributed by atoms with Gasteiger partial charge >= 0.3 is 0 Å². The van der Waals surface area contributed by atoms with E-state index in [1.807, 2.05) is 0 Å². The van der Waals surface area contributed by atoms with Crippen molar-refractivity contribution in [2.24, 2.45) is 0 Å². The number of aromatic nitrogens is 1. The van der Waals surface area contributed by atoms with E-state index in [9.17, 15) is 8.78 Å². The van der Waals surface area contributed by atoms with Crippen molar-refractivity contribution in [1.82, 2.24) is 4.98 Å². The number of pyridine rings is 1. The summed E-state index contributed by atoms with van der Waals surface area (Å²) in [6.07, 6.45) is 0. The molecule has 11 heavy (non-hydrogen) atoms. The molecule has 0 N–H and O–H groups in total. The van der Waals surface area contributed by atoms with Crippen LogP contribution < -0.4 is 0 Å². The maximum absolute atomic E-state index is 12.8. The van der Waals surface area contributed by atoms with E-state index in [-0.39, 0.29) is 11.3 Å². The van der Waals surface area contributed by atoms with Crippen molar-refractivity contribution in [3.8, 4) is 0 Å². The molecule has 0 aliphatic heterocycles. The first-order chi connectivity index (χ1) is 5.04. The number of aryl methyl sites for hydroxylation is 2. The SMILES string of the molecule is Cc1nc(C)c(F)c(F)c1C. The summed E-state index contributed by atoms with van der Waals surface area (Å²) in [4.78, 5) is 3.82. The van der Waals surface area contributed by atoms with E-state index in [4.69, 9.17) is 0 Å². The third kappa shape index (κ3) is 1.23. The van der Waals surface area contributed by atoms with Gasteiger partial charge in [0.15, 0.2) is 11.6 Å². The molecule has 0 saturated heterocycles. The number of hydrogen-bond donors (Lipinski definition) is 0. The first-order valence-electron chi connectivity index (χ1n) is 3.33. The zero-order valence-electron chi connectivity index (χ0n) is 6.70. The average Bonchev–Trinajstić information content (AvgIpc) is 1.97. The maximum atomic E-state index is 12.8. The second kappa shape index (κ2) is 2.57. The van der Waals surface area contributed by atoms with Crippen molar-refractivity contribution in [1.29, 1.82) is 0 Å². The predicted molar refractivity (Wildman–Crippen MR) is 38.4 cm³/mol. The molecule has 0 unspecified atom stereocenters. The summed E-state index contributed by atoms with van der Waals surface area (Å²) >= 11 is 0. The van der Waals surface area contributed by atoms with Crippen LogP contribution in [0.15, 0.2) is 0 Å². The molecule has 1 aromatic rings. The van der Waals surface area contributed by atoms with Gasteiger partial charge in [0, 0.05) is 11.3 Å². The molecule has 0 spiro atoms. The molecule has 1 nitrogen and oxygen atoms in total. The minimum Gasteiger partial charge on any atom is -0.255 e. The third-order valence-electron chi connectivity index (χ3n) is 1.72. The lowest BCUT2D eigenvalue weighted by Gasteiger charge is -2.03. The third-order valence-corrected chi connectivity index (χ3v) is 1.72. The molecule has 1 aromatic heterocycles. The summed E-state index contributed by atoms with van der Waals surface area (Å²) in [6.45, 7) is 4.62. The Morgan fingerprint density at radius 2 is 1.45 bits per heavy atom. The fraction of sp³-hybridized carbons (Fsp3) is 0.375. The second-order valence-electron chi connectivity index (χ2n) is 2.54. The van der Waals surface area contributed by atoms with Crippen LogP contribution in [0.2, 0.25) is 0 Å². The van der Waals surface area contributed by atoms with Crippen LogP contribution in [0.5, 0.6) is 0 Å². The Kier molecular flexibility index (Phi) is 1.89. The highest BCUT2D eigenvalue weighted by atomic mass is 19.2. The molecule has 1 rings (SSSR count). The molecule has 0 aliphatic carbocycles. The van der Waals surface area contributed by atoms with Gasteiger partial charge in [-0.3, -0.25) is 4.98 Å². The summed E-state index contributed by atoms with van der Waals surface area (Å²) in [7, 11) is 0. The van der Waals surface area contributed by atoms with Crippen molar-refractivity contribution in [3.05, 3.63) is 28.6 Å². The summed E-state index contributed by atoms with van der Waals surface area (Å²) in [5.41, 5.74) is 0.945. The first kappa shape index (κ1) is 8.11. The highest BCUT2D eigenvalue weighted by molar-refractivity contribution is 5.23. The highest BCUT2D eigenvalue weighted by Gasteiger charge is 2.11. The van der Waals surface area contributed by atoms with Crippen LogP contribution in [0.1, 0.15) is 17.0 Å². The van der Waals surface area contributed by atoms with E-state index in [2.05, 4.69) is 4.98 Å². The molecule has 60 valence electrons. The Morgan fingerprint density at radius 3 is 2.00 bits per heavy atom. The molecule has 3 heteroatoms. The van der Waals surface area contributed by atoms with E-state index >= 15 is 0 Å². The molecule has 0 fully saturated rings. The molecule has 0 amide bonds. The van der Waals surface area contributed by atoms with E-state index in [1.165, 1.54) is 13.8 Å². The Hall–Kier alpha value is -0.990. The van der Waals surface area contributed by atoms with Gasteiger partial charge in [-0.15, -0.1) is 0 Å². The number of halogens is 2. The maximum Gasteiger partial charge on any atom is 0.180 e. The van der Waals surface area contributed by atoms with Gasteiger partial charge < -0.3 is 0 Å². The fourth-order valence-corrected chi connectivity index (χ4v) is 0.867. The highest BCUT2D eigenvalue weighted by Crippen LogP contribution is 2.15. The lowest BCUT2D eigenvalue weighted by Crippen LogP contribution is -2.00. The van der Waals surface area contributed by atoms with Crippen LogP contribution in [-0.4, -0.2) is 4.98 Å². The zero-order valence-corrected chi connectivity index (χ0v) is 6.70. The fourth-order valence-electron chi connectivity index (χ4n) is 0.867. The van der Waals surface area contributed by atoms with Gasteiger partial charge in [-0.05, 0) is 20.8 Å². The molecule has 0 radical (unpaired) electrons. The molecule has 0 aliphatic rings. The van der Waals surface area contributed by atoms with Crippen LogP contribution in [0.3, 0.4) is 0 Å². The summed E-state index contributed by atoms with van der Waals surface area (Å²) < 4.78 is 25.6. The Bertz CT molecular complexity index is 268. The van der Waals surface area contributed by atoms with E-state index < -0.39 is 11.6 Å². The smallest absolute Gasteiger partial charge is 0.180 e. The van der Waals surface area contributed by atoms with Gasteiger partial charge in [0.25, 0.3) is 0 Å². The molecular formula is C8H9F2N. The quantitative estimate of drug-likeness (QED) is 0.563. The molecular weight excluding hydrogens is 148 g/mol. The molecule has 0 atom stereocenters. The molecule has 0 aromatic carbocycles. The van der Waals surface area contributed by atoms with Gasteiger partial charge in [-0.2, -0.15) is 0 Å². The largest absolute Gasteiger partial charge is 0.255 e. The van der Waals surface area contributed by atoms with Gasteiger partial charge in [-0.25, -0.2) is 8.78 Å². The van der Waals surface area contributed by atoms with E-state index in [0.717, 1.165) is 0 Å². The zero-order chi connectivity index (χ0) is 8.59. The topological polar surface area (TPSA) is 12.9 Å². The molecule has 0 bridgehead atoms.